The number of fused-ring (bicyclic) bond motifs is 1. The van der Waals surface area contributed by atoms with Gasteiger partial charge in [-0.25, -0.2) is 4.79 Å². The number of aromatic nitrogens is 2. The number of H-pyrrole nitrogens is 1. The molecule has 12 heteroatoms. The van der Waals surface area contributed by atoms with Crippen LogP contribution in [-0.2, 0) is 36.3 Å². The number of rotatable bonds is 10. The van der Waals surface area contributed by atoms with E-state index in [2.05, 4.69) is 9.72 Å². The van der Waals surface area contributed by atoms with E-state index in [1.54, 1.807) is 20.8 Å². The van der Waals surface area contributed by atoms with Crippen LogP contribution in [0.3, 0.4) is 0 Å². The highest BCUT2D eigenvalue weighted by Gasteiger charge is 2.75. The van der Waals surface area contributed by atoms with Gasteiger partial charge >= 0.3 is 18.0 Å². The fraction of sp³-hybridized carbons (Fsp3) is 0.625. The molecule has 2 aromatic rings. The zero-order valence-corrected chi connectivity index (χ0v) is 20.3. The van der Waals surface area contributed by atoms with Crippen molar-refractivity contribution in [2.45, 2.75) is 90.4 Å². The molecule has 0 unspecified atom stereocenters. The highest BCUT2D eigenvalue weighted by molar-refractivity contribution is 5.55. The van der Waals surface area contributed by atoms with Crippen LogP contribution in [0.2, 0.25) is 0 Å². The van der Waals surface area contributed by atoms with Crippen molar-refractivity contribution >= 4 is 0 Å². The van der Waals surface area contributed by atoms with Gasteiger partial charge in [0.1, 0.15) is 5.75 Å². The number of aromatic hydroxyl groups is 1. The third-order valence-electron chi connectivity index (χ3n) is 6.36. The summed E-state index contributed by atoms with van der Waals surface area (Å²) in [6, 6.07) is 0.946. The van der Waals surface area contributed by atoms with Gasteiger partial charge in [0, 0.05) is 17.7 Å². The smallest absolute Gasteiger partial charge is 0.430 e. The van der Waals surface area contributed by atoms with Gasteiger partial charge in [0.05, 0.1) is 18.9 Å². The second-order valence-corrected chi connectivity index (χ2v) is 8.92. The van der Waals surface area contributed by atoms with Gasteiger partial charge in [-0.2, -0.15) is 26.3 Å². The second kappa shape index (κ2) is 10.4. The van der Waals surface area contributed by atoms with E-state index in [-0.39, 0.29) is 43.0 Å². The monoisotopic (exact) mass is 524 g/mol. The fourth-order valence-corrected chi connectivity index (χ4v) is 4.67. The van der Waals surface area contributed by atoms with Crippen LogP contribution in [0.4, 0.5) is 26.3 Å². The Morgan fingerprint density at radius 1 is 1.11 bits per heavy atom. The lowest BCUT2D eigenvalue weighted by Crippen LogP contribution is -2.53. The molecule has 1 aromatic carbocycles. The maximum atomic E-state index is 13.9. The predicted molar refractivity (Wildman–Crippen MR) is 119 cm³/mol. The summed E-state index contributed by atoms with van der Waals surface area (Å²) in [4.78, 5) is 14.3. The third-order valence-corrected chi connectivity index (χ3v) is 6.36. The summed E-state index contributed by atoms with van der Waals surface area (Å²) in [5.74, 6) is 0.145. The number of nitrogens with zero attached hydrogens (tertiary/aromatic N) is 1. The lowest BCUT2D eigenvalue weighted by Gasteiger charge is -2.34. The number of alkyl halides is 6. The Morgan fingerprint density at radius 3 is 2.28 bits per heavy atom. The molecule has 0 atom stereocenters. The van der Waals surface area contributed by atoms with Gasteiger partial charge in [-0.05, 0) is 49.8 Å². The fourth-order valence-electron chi connectivity index (χ4n) is 4.67. The molecule has 1 aliphatic rings. The molecule has 202 valence electrons. The Kier molecular flexibility index (Phi) is 8.07. The minimum absolute atomic E-state index is 0.124. The van der Waals surface area contributed by atoms with Crippen molar-refractivity contribution < 1.29 is 40.9 Å². The first-order valence-corrected chi connectivity index (χ1v) is 11.9. The summed E-state index contributed by atoms with van der Waals surface area (Å²) in [6.45, 7) is 4.65. The molecular weight excluding hydrogens is 494 g/mol. The molecule has 2 N–H and O–H groups in total. The Labute approximate surface area is 204 Å². The molecule has 3 rings (SSSR count). The van der Waals surface area contributed by atoms with Crippen LogP contribution < -0.4 is 10.4 Å². The van der Waals surface area contributed by atoms with Gasteiger partial charge in [-0.15, -0.1) is 0 Å². The average Bonchev–Trinajstić information content (AvgIpc) is 3.28. The number of unbranched alkanes of at least 4 members (excludes halogenated alkanes) is 1. The Balaban J connectivity index is 1.92. The number of ether oxygens (including phenoxy) is 2. The molecule has 0 spiro atoms. The first kappa shape index (κ1) is 27.9. The van der Waals surface area contributed by atoms with E-state index in [0.717, 1.165) is 6.07 Å². The van der Waals surface area contributed by atoms with Gasteiger partial charge in [0.15, 0.2) is 0 Å². The molecule has 0 amide bonds. The zero-order valence-electron chi connectivity index (χ0n) is 20.3. The summed E-state index contributed by atoms with van der Waals surface area (Å²) < 4.78 is 95.1. The minimum Gasteiger partial charge on any atom is -0.493 e. The second-order valence-electron chi connectivity index (χ2n) is 8.92. The van der Waals surface area contributed by atoms with Crippen molar-refractivity contribution in [1.82, 2.24) is 9.55 Å². The van der Waals surface area contributed by atoms with Crippen LogP contribution in [0.1, 0.15) is 67.5 Å². The normalized spacial score (nSPS) is 15.4. The molecule has 0 saturated carbocycles. The number of benzene rings is 1. The van der Waals surface area contributed by atoms with Crippen LogP contribution in [0.5, 0.6) is 11.6 Å². The van der Waals surface area contributed by atoms with Crippen LogP contribution in [-0.4, -0.2) is 33.6 Å². The number of halogens is 6. The molecular formula is C24H30F6N2O4. The Morgan fingerprint density at radius 2 is 1.75 bits per heavy atom. The number of hydrogen-bond acceptors (Lipinski definition) is 4. The van der Waals surface area contributed by atoms with E-state index in [4.69, 9.17) is 4.74 Å². The first-order valence-electron chi connectivity index (χ1n) is 11.9. The maximum Gasteiger partial charge on any atom is 0.430 e. The quantitative estimate of drug-likeness (QED) is 0.304. The maximum absolute atomic E-state index is 13.9. The van der Waals surface area contributed by atoms with E-state index < -0.39 is 35.8 Å². The van der Waals surface area contributed by atoms with E-state index in [1.807, 2.05) is 0 Å². The number of nitrogens with one attached hydrogen (secondary N) is 1. The van der Waals surface area contributed by atoms with Crippen LogP contribution >= 0.6 is 0 Å². The van der Waals surface area contributed by atoms with E-state index in [9.17, 15) is 36.2 Å². The predicted octanol–water partition coefficient (Wildman–Crippen LogP) is 5.80. The zero-order chi connectivity index (χ0) is 26.9. The van der Waals surface area contributed by atoms with Gasteiger partial charge in [0.25, 0.3) is 5.60 Å². The van der Waals surface area contributed by atoms with Crippen LogP contribution in [0.25, 0.3) is 0 Å². The molecule has 0 fully saturated rings. The van der Waals surface area contributed by atoms with Crippen molar-refractivity contribution in [3.05, 3.63) is 44.5 Å². The SMILES string of the molecule is CCCc1cc2c(c(CCC)c1OCCCCn1c(O)c(C)[nH]c1=O)COC2(C(F)(F)F)C(F)(F)F. The Hall–Kier alpha value is -2.63. The lowest BCUT2D eigenvalue weighted by molar-refractivity contribution is -0.385. The summed E-state index contributed by atoms with van der Waals surface area (Å²) in [5.41, 5.74) is -4.91. The van der Waals surface area contributed by atoms with Gasteiger partial charge in [0.2, 0.25) is 5.88 Å². The first-order chi connectivity index (χ1) is 16.8. The molecule has 2 heterocycles. The highest BCUT2D eigenvalue weighted by Crippen LogP contribution is 2.58. The van der Waals surface area contributed by atoms with Gasteiger partial charge in [-0.3, -0.25) is 4.57 Å². The molecule has 0 aliphatic carbocycles. The van der Waals surface area contributed by atoms with Crippen molar-refractivity contribution in [2.24, 2.45) is 0 Å². The van der Waals surface area contributed by atoms with Crippen molar-refractivity contribution in [3.8, 4) is 11.6 Å². The third kappa shape index (κ3) is 4.83. The summed E-state index contributed by atoms with van der Waals surface area (Å²) in [5, 5.41) is 9.92. The molecule has 1 aromatic heterocycles. The lowest BCUT2D eigenvalue weighted by atomic mass is 9.84. The van der Waals surface area contributed by atoms with Crippen LogP contribution in [0, 0.1) is 6.92 Å². The molecule has 1 aliphatic heterocycles. The number of imidazole rings is 1. The summed E-state index contributed by atoms with van der Waals surface area (Å²) in [7, 11) is 0. The number of aryl methyl sites for hydroxylation is 2. The molecule has 6 nitrogen and oxygen atoms in total. The van der Waals surface area contributed by atoms with Crippen molar-refractivity contribution in [3.63, 3.8) is 0 Å². The minimum atomic E-state index is -5.69. The summed E-state index contributed by atoms with van der Waals surface area (Å²) in [6.07, 6.45) is -9.04. The topological polar surface area (TPSA) is 76.5 Å². The number of hydrogen-bond donors (Lipinski definition) is 2. The van der Waals surface area contributed by atoms with Crippen LogP contribution in [0.15, 0.2) is 10.9 Å². The highest BCUT2D eigenvalue weighted by atomic mass is 19.4. The van der Waals surface area contributed by atoms with Crippen molar-refractivity contribution in [2.75, 3.05) is 6.61 Å². The largest absolute Gasteiger partial charge is 0.493 e. The van der Waals surface area contributed by atoms with Gasteiger partial charge in [-0.1, -0.05) is 26.7 Å². The number of aromatic amines is 1. The molecule has 0 bridgehead atoms. The van der Waals surface area contributed by atoms with E-state index in [0.29, 0.717) is 42.7 Å². The van der Waals surface area contributed by atoms with E-state index >= 15 is 0 Å². The van der Waals surface area contributed by atoms with Crippen molar-refractivity contribution in [1.29, 1.82) is 0 Å². The standard InChI is InChI=1S/C24H30F6N2O4/c1-4-8-15-12-18-17(13-36-22(18,23(25,26)27)24(28,29)30)16(9-5-2)19(15)35-11-7-6-10-32-20(33)14(3)31-21(32)34/h12,33H,4-11,13H2,1-3H3,(H,31,34). The van der Waals surface area contributed by atoms with E-state index in [1.165, 1.54) is 4.57 Å². The summed E-state index contributed by atoms with van der Waals surface area (Å²) >= 11 is 0. The molecule has 0 radical (unpaired) electrons. The average molecular weight is 525 g/mol. The molecule has 36 heavy (non-hydrogen) atoms. The molecule has 0 saturated heterocycles. The Bertz CT molecular complexity index is 1120. The van der Waals surface area contributed by atoms with Gasteiger partial charge < -0.3 is 19.6 Å².